The van der Waals surface area contributed by atoms with Gasteiger partial charge in [-0.1, -0.05) is 24.8 Å². The molecule has 1 unspecified atom stereocenters. The molecule has 11 nitrogen and oxygen atoms in total. The molecule has 1 aliphatic rings. The molecule has 0 radical (unpaired) electrons. The van der Waals surface area contributed by atoms with Gasteiger partial charge in [0.2, 0.25) is 22.1 Å². The van der Waals surface area contributed by atoms with Crippen molar-refractivity contribution in [2.24, 2.45) is 0 Å². The molecule has 218 valence electrons. The Balaban J connectivity index is 1.52. The number of allylic oxidation sites excluding steroid dienone is 1. The number of para-hydroxylation sites is 1. The fourth-order valence-corrected chi connectivity index (χ4v) is 5.74. The first-order chi connectivity index (χ1) is 19.8. The van der Waals surface area contributed by atoms with E-state index in [2.05, 4.69) is 6.58 Å². The number of rotatable bonds is 13. The van der Waals surface area contributed by atoms with E-state index in [9.17, 15) is 23.1 Å². The molecule has 0 bridgehead atoms. The molecule has 0 saturated carbocycles. The van der Waals surface area contributed by atoms with Crippen LogP contribution < -0.4 is 10.2 Å². The van der Waals surface area contributed by atoms with E-state index >= 15 is 0 Å². The Labute approximate surface area is 237 Å². The summed E-state index contributed by atoms with van der Waals surface area (Å²) in [4.78, 5) is 25.9. The van der Waals surface area contributed by atoms with Crippen molar-refractivity contribution in [3.8, 4) is 5.75 Å². The predicted molar refractivity (Wildman–Crippen MR) is 149 cm³/mol. The first-order valence-corrected chi connectivity index (χ1v) is 14.3. The number of hydrogen-bond acceptors (Lipinski definition) is 10. The van der Waals surface area contributed by atoms with Crippen molar-refractivity contribution in [3.63, 3.8) is 0 Å². The molecule has 1 N–H and O–H groups in total. The summed E-state index contributed by atoms with van der Waals surface area (Å²) in [5.74, 6) is -1.03. The fraction of sp³-hybridized carbons (Fsp3) is 0.310. The van der Waals surface area contributed by atoms with Crippen molar-refractivity contribution >= 4 is 27.0 Å². The van der Waals surface area contributed by atoms with Crippen molar-refractivity contribution in [1.29, 1.82) is 0 Å². The lowest BCUT2D eigenvalue weighted by Gasteiger charge is -2.29. The highest BCUT2D eigenvalue weighted by molar-refractivity contribution is 7.89. The zero-order valence-corrected chi connectivity index (χ0v) is 23.2. The van der Waals surface area contributed by atoms with Gasteiger partial charge in [-0.3, -0.25) is 4.79 Å². The number of methoxy groups -OCH3 is 1. The quantitative estimate of drug-likeness (QED) is 0.235. The van der Waals surface area contributed by atoms with Crippen molar-refractivity contribution in [2.45, 2.75) is 23.5 Å². The van der Waals surface area contributed by atoms with Crippen LogP contribution in [0.25, 0.3) is 11.0 Å². The minimum atomic E-state index is -3.96. The van der Waals surface area contributed by atoms with E-state index in [1.54, 1.807) is 24.3 Å². The molecule has 0 saturated heterocycles. The summed E-state index contributed by atoms with van der Waals surface area (Å²) in [6.07, 6.45) is 3.38. The highest BCUT2D eigenvalue weighted by Crippen LogP contribution is 2.31. The summed E-state index contributed by atoms with van der Waals surface area (Å²) in [6.45, 7) is 2.66. The molecule has 2 atom stereocenters. The number of aliphatic hydroxyl groups excluding tert-OH is 1. The van der Waals surface area contributed by atoms with Gasteiger partial charge in [-0.25, -0.2) is 13.2 Å². The molecule has 3 aromatic rings. The van der Waals surface area contributed by atoms with E-state index in [1.807, 2.05) is 0 Å². The second-order valence-electron chi connectivity index (χ2n) is 9.00. The average Bonchev–Trinajstić information content (AvgIpc) is 2.99. The number of sulfonamides is 1. The molecule has 0 aliphatic carbocycles. The van der Waals surface area contributed by atoms with Gasteiger partial charge >= 0.3 is 5.97 Å². The molecule has 1 aliphatic heterocycles. The summed E-state index contributed by atoms with van der Waals surface area (Å²) in [6, 6.07) is 12.7. The van der Waals surface area contributed by atoms with Crippen molar-refractivity contribution in [3.05, 3.63) is 95.1 Å². The van der Waals surface area contributed by atoms with E-state index in [0.717, 1.165) is 4.31 Å². The number of ether oxygens (including phenoxy) is 4. The Morgan fingerprint density at radius 1 is 1.17 bits per heavy atom. The SMILES string of the molecule is C=CCOC(=O)C1=C[C@H](c2coc3ccccc3c2=O)CC(OCCN(CCO)S(=O)(=O)c2ccc(OC)cc2)O1. The second kappa shape index (κ2) is 13.6. The van der Waals surface area contributed by atoms with Crippen LogP contribution in [0.4, 0.5) is 0 Å². The minimum Gasteiger partial charge on any atom is -0.497 e. The molecule has 2 aromatic carbocycles. The largest absolute Gasteiger partial charge is 0.497 e. The first kappa shape index (κ1) is 30.0. The van der Waals surface area contributed by atoms with Crippen LogP contribution in [-0.4, -0.2) is 70.1 Å². The number of hydrogen-bond donors (Lipinski definition) is 1. The molecule has 4 rings (SSSR count). The average molecular weight is 586 g/mol. The number of nitrogens with zero attached hydrogens (tertiary/aromatic N) is 1. The molecule has 41 heavy (non-hydrogen) atoms. The topological polar surface area (TPSA) is 142 Å². The molecule has 0 amide bonds. The van der Waals surface area contributed by atoms with Crippen molar-refractivity contribution in [1.82, 2.24) is 4.31 Å². The van der Waals surface area contributed by atoms with Crippen LogP contribution in [0.3, 0.4) is 0 Å². The van der Waals surface area contributed by atoms with Gasteiger partial charge in [-0.05, 0) is 42.5 Å². The highest BCUT2D eigenvalue weighted by Gasteiger charge is 2.32. The number of carbonyl (C=O) groups is 1. The number of esters is 1. The Morgan fingerprint density at radius 2 is 1.93 bits per heavy atom. The third-order valence-corrected chi connectivity index (χ3v) is 8.30. The summed E-state index contributed by atoms with van der Waals surface area (Å²) < 4.78 is 54.9. The lowest BCUT2D eigenvalue weighted by Crippen LogP contribution is -2.38. The van der Waals surface area contributed by atoms with E-state index < -0.39 is 34.8 Å². The second-order valence-corrected chi connectivity index (χ2v) is 10.9. The number of benzene rings is 2. The summed E-state index contributed by atoms with van der Waals surface area (Å²) >= 11 is 0. The monoisotopic (exact) mass is 585 g/mol. The Morgan fingerprint density at radius 3 is 2.63 bits per heavy atom. The van der Waals surface area contributed by atoms with Gasteiger partial charge in [-0.15, -0.1) is 0 Å². The smallest absolute Gasteiger partial charge is 0.373 e. The molecule has 12 heteroatoms. The fourth-order valence-electron chi connectivity index (χ4n) is 4.32. The van der Waals surface area contributed by atoms with Gasteiger partial charge < -0.3 is 28.5 Å². The van der Waals surface area contributed by atoms with Gasteiger partial charge in [-0.2, -0.15) is 4.31 Å². The zero-order chi connectivity index (χ0) is 29.4. The van der Waals surface area contributed by atoms with Gasteiger partial charge in [0.25, 0.3) is 0 Å². The lowest BCUT2D eigenvalue weighted by molar-refractivity contribution is -0.160. The van der Waals surface area contributed by atoms with E-state index in [-0.39, 0.29) is 48.8 Å². The molecule has 0 spiro atoms. The molecule has 2 heterocycles. The Hall–Kier alpha value is -3.97. The van der Waals surface area contributed by atoms with Crippen LogP contribution in [0.5, 0.6) is 5.75 Å². The van der Waals surface area contributed by atoms with Crippen LogP contribution in [0, 0.1) is 0 Å². The van der Waals surface area contributed by atoms with E-state index in [1.165, 1.54) is 49.8 Å². The van der Waals surface area contributed by atoms with Gasteiger partial charge in [0.15, 0.2) is 5.43 Å². The Bertz CT molecular complexity index is 1560. The molecule has 1 aromatic heterocycles. The van der Waals surface area contributed by atoms with E-state index in [4.69, 9.17) is 23.4 Å². The predicted octanol–water partition coefficient (Wildman–Crippen LogP) is 2.94. The first-order valence-electron chi connectivity index (χ1n) is 12.8. The molecular weight excluding hydrogens is 554 g/mol. The van der Waals surface area contributed by atoms with Crippen LogP contribution in [0.15, 0.2) is 93.4 Å². The van der Waals surface area contributed by atoms with Crippen LogP contribution in [0.2, 0.25) is 0 Å². The maximum atomic E-state index is 13.2. The highest BCUT2D eigenvalue weighted by atomic mass is 32.2. The van der Waals surface area contributed by atoms with Gasteiger partial charge in [0.1, 0.15) is 17.9 Å². The lowest BCUT2D eigenvalue weighted by atomic mass is 9.93. The zero-order valence-electron chi connectivity index (χ0n) is 22.4. The van der Waals surface area contributed by atoms with Crippen LogP contribution in [-0.2, 0) is 29.0 Å². The maximum absolute atomic E-state index is 13.2. The summed E-state index contributed by atoms with van der Waals surface area (Å²) in [5, 5.41) is 9.90. The molecule has 0 fully saturated rings. The number of carbonyl (C=O) groups excluding carboxylic acids is 1. The van der Waals surface area contributed by atoms with Crippen molar-refractivity contribution in [2.75, 3.05) is 40.0 Å². The van der Waals surface area contributed by atoms with Crippen molar-refractivity contribution < 1.29 is 41.7 Å². The van der Waals surface area contributed by atoms with Gasteiger partial charge in [0.05, 0.1) is 36.9 Å². The Kier molecular flexibility index (Phi) is 9.95. The maximum Gasteiger partial charge on any atom is 0.373 e. The standard InChI is InChI=1S/C29H31NO10S/c1-3-15-38-29(33)26-17-20(24-19-39-25-7-5-4-6-23(25)28(24)32)18-27(40-26)37-16-13-30(12-14-31)41(34,35)22-10-8-21(36-2)9-11-22/h3-11,17,19-20,27,31H,1,12-16,18H2,2H3/t20-,27?/m0/s1. The number of aliphatic hydroxyl groups is 1. The van der Waals surface area contributed by atoms with Gasteiger partial charge in [0, 0.05) is 31.0 Å². The van der Waals surface area contributed by atoms with Crippen LogP contribution >= 0.6 is 0 Å². The third kappa shape index (κ3) is 7.03. The number of fused-ring (bicyclic) bond motifs is 1. The summed E-state index contributed by atoms with van der Waals surface area (Å²) in [7, 11) is -2.48. The van der Waals surface area contributed by atoms with Crippen LogP contribution in [0.1, 0.15) is 17.9 Å². The summed E-state index contributed by atoms with van der Waals surface area (Å²) in [5.41, 5.74) is 0.476. The third-order valence-electron chi connectivity index (χ3n) is 6.39. The minimum absolute atomic E-state index is 0.0268. The molecular formula is C29H31NO10S. The normalized spacial score (nSPS) is 17.1. The van der Waals surface area contributed by atoms with E-state index in [0.29, 0.717) is 22.3 Å².